The summed E-state index contributed by atoms with van der Waals surface area (Å²) >= 11 is 6.26. The summed E-state index contributed by atoms with van der Waals surface area (Å²) in [6.07, 6.45) is 2.05. The third kappa shape index (κ3) is 2.39. The zero-order valence-electron chi connectivity index (χ0n) is 12.5. The van der Waals surface area contributed by atoms with Gasteiger partial charge in [-0.15, -0.1) is 0 Å². The first kappa shape index (κ1) is 15.3. The highest BCUT2D eigenvalue weighted by atomic mass is 35.5. The van der Waals surface area contributed by atoms with Crippen molar-refractivity contribution in [2.24, 2.45) is 5.92 Å². The zero-order chi connectivity index (χ0) is 16.8. The zero-order valence-corrected chi connectivity index (χ0v) is 13.2. The quantitative estimate of drug-likeness (QED) is 0.727. The van der Waals surface area contributed by atoms with Crippen LogP contribution in [0.25, 0.3) is 10.9 Å². The predicted octanol–water partition coefficient (Wildman–Crippen LogP) is 2.96. The Morgan fingerprint density at radius 2 is 2.12 bits per heavy atom. The summed E-state index contributed by atoms with van der Waals surface area (Å²) < 4.78 is 29.1. The number of hydrogen-bond acceptors (Lipinski definition) is 3. The van der Waals surface area contributed by atoms with E-state index in [0.29, 0.717) is 17.4 Å². The summed E-state index contributed by atoms with van der Waals surface area (Å²) in [5, 5.41) is 8.95. The van der Waals surface area contributed by atoms with Gasteiger partial charge in [0.1, 0.15) is 11.0 Å². The Bertz CT molecular complexity index is 984. The molecule has 1 aromatic carbocycles. The Morgan fingerprint density at radius 3 is 2.83 bits per heavy atom. The second-order valence-corrected chi connectivity index (χ2v) is 6.27. The number of hydrogen-bond donors (Lipinski definition) is 0. The minimum Gasteiger partial charge on any atom is -0.265 e. The molecule has 1 aliphatic carbocycles. The van der Waals surface area contributed by atoms with E-state index < -0.39 is 12.2 Å². The van der Waals surface area contributed by atoms with E-state index in [4.69, 9.17) is 11.6 Å². The monoisotopic (exact) mass is 350 g/mol. The van der Waals surface area contributed by atoms with E-state index in [1.54, 1.807) is 18.2 Å². The second-order valence-electron chi connectivity index (χ2n) is 5.91. The van der Waals surface area contributed by atoms with Crippen molar-refractivity contribution in [2.75, 3.05) is 6.67 Å². The molecule has 0 bridgehead atoms. The van der Waals surface area contributed by atoms with Crippen molar-refractivity contribution < 1.29 is 8.78 Å². The summed E-state index contributed by atoms with van der Waals surface area (Å²) in [5.41, 5.74) is 0.179. The van der Waals surface area contributed by atoms with Crippen LogP contribution in [0.3, 0.4) is 0 Å². The maximum absolute atomic E-state index is 13.8. The van der Waals surface area contributed by atoms with Gasteiger partial charge in [-0.3, -0.25) is 9.18 Å². The molecule has 0 spiro atoms. The van der Waals surface area contributed by atoms with Crippen LogP contribution in [-0.4, -0.2) is 26.2 Å². The number of halogens is 3. The average molecular weight is 351 g/mol. The number of rotatable bonds is 4. The van der Waals surface area contributed by atoms with E-state index >= 15 is 0 Å². The van der Waals surface area contributed by atoms with Gasteiger partial charge in [-0.05, 0) is 12.5 Å². The van der Waals surface area contributed by atoms with Crippen LogP contribution in [0.15, 0.2) is 35.3 Å². The standard InChI is InChI=1S/C16H13ClF2N4O/c17-15-11-7-20-23(13-5-10(13)6-18)16(24)14(11)21-22(15)8-9-3-1-2-4-12(9)19/h1-4,7,10,13H,5-6,8H2/t10-,13+/m0/s1. The second kappa shape index (κ2) is 5.66. The lowest BCUT2D eigenvalue weighted by molar-refractivity contribution is 0.425. The van der Waals surface area contributed by atoms with E-state index in [9.17, 15) is 13.6 Å². The van der Waals surface area contributed by atoms with Crippen molar-refractivity contribution in [2.45, 2.75) is 19.0 Å². The molecule has 124 valence electrons. The molecule has 8 heteroatoms. The van der Waals surface area contributed by atoms with Gasteiger partial charge in [-0.25, -0.2) is 13.8 Å². The third-order valence-corrected chi connectivity index (χ3v) is 4.72. The fourth-order valence-electron chi connectivity index (χ4n) is 2.83. The highest BCUT2D eigenvalue weighted by molar-refractivity contribution is 6.34. The van der Waals surface area contributed by atoms with Crippen LogP contribution >= 0.6 is 11.6 Å². The summed E-state index contributed by atoms with van der Waals surface area (Å²) in [4.78, 5) is 12.5. The van der Waals surface area contributed by atoms with Crippen LogP contribution in [0, 0.1) is 11.7 Å². The molecule has 1 fully saturated rings. The highest BCUT2D eigenvalue weighted by Crippen LogP contribution is 2.42. The number of alkyl halides is 1. The molecule has 0 amide bonds. The molecule has 0 unspecified atom stereocenters. The molecule has 0 aliphatic heterocycles. The van der Waals surface area contributed by atoms with Crippen LogP contribution in [0.4, 0.5) is 8.78 Å². The SMILES string of the molecule is O=c1c2nn(Cc3ccccc3F)c(Cl)c2cnn1[C@@H]1C[C@H]1CF. The normalized spacial score (nSPS) is 19.8. The molecule has 0 saturated heterocycles. The minimum absolute atomic E-state index is 0.107. The van der Waals surface area contributed by atoms with Gasteiger partial charge in [-0.2, -0.15) is 10.2 Å². The molecule has 5 nitrogen and oxygen atoms in total. The molecule has 24 heavy (non-hydrogen) atoms. The van der Waals surface area contributed by atoms with Gasteiger partial charge in [-0.1, -0.05) is 29.8 Å². The molecule has 0 N–H and O–H groups in total. The van der Waals surface area contributed by atoms with Crippen LogP contribution in [-0.2, 0) is 6.54 Å². The van der Waals surface area contributed by atoms with Gasteiger partial charge in [0.15, 0.2) is 5.52 Å². The maximum Gasteiger partial charge on any atom is 0.295 e. The molecule has 3 aromatic rings. The number of fused-ring (bicyclic) bond motifs is 1. The van der Waals surface area contributed by atoms with Gasteiger partial charge in [0, 0.05) is 11.5 Å². The first-order valence-corrected chi connectivity index (χ1v) is 7.91. The predicted molar refractivity (Wildman–Crippen MR) is 85.4 cm³/mol. The molecule has 4 rings (SSSR count). The van der Waals surface area contributed by atoms with E-state index in [1.165, 1.54) is 21.6 Å². The maximum atomic E-state index is 13.8. The molecule has 2 atom stereocenters. The topological polar surface area (TPSA) is 52.7 Å². The van der Waals surface area contributed by atoms with E-state index in [1.807, 2.05) is 0 Å². The summed E-state index contributed by atoms with van der Waals surface area (Å²) in [6.45, 7) is -0.366. The summed E-state index contributed by atoms with van der Waals surface area (Å²) in [6, 6.07) is 6.08. The van der Waals surface area contributed by atoms with Crippen molar-refractivity contribution in [1.29, 1.82) is 0 Å². The van der Waals surface area contributed by atoms with E-state index in [0.717, 1.165) is 0 Å². The molecule has 0 radical (unpaired) electrons. The molecule has 2 aromatic heterocycles. The van der Waals surface area contributed by atoms with Gasteiger partial charge in [0.05, 0.1) is 30.8 Å². The molecule has 1 aliphatic rings. The Balaban J connectivity index is 1.76. The Kier molecular flexibility index (Phi) is 3.60. The van der Waals surface area contributed by atoms with Crippen molar-refractivity contribution in [1.82, 2.24) is 19.6 Å². The van der Waals surface area contributed by atoms with Crippen molar-refractivity contribution >= 4 is 22.5 Å². The number of nitrogens with zero attached hydrogens (tertiary/aromatic N) is 4. The first-order valence-electron chi connectivity index (χ1n) is 7.53. The fraction of sp³-hybridized carbons (Fsp3) is 0.312. The van der Waals surface area contributed by atoms with Crippen LogP contribution < -0.4 is 5.56 Å². The molecular formula is C16H13ClF2N4O. The largest absolute Gasteiger partial charge is 0.295 e. The lowest BCUT2D eigenvalue weighted by Crippen LogP contribution is -2.22. The minimum atomic E-state index is -0.473. The summed E-state index contributed by atoms with van der Waals surface area (Å²) in [7, 11) is 0. The van der Waals surface area contributed by atoms with Crippen molar-refractivity contribution in [3.05, 3.63) is 57.3 Å². The lowest BCUT2D eigenvalue weighted by atomic mass is 10.2. The fourth-order valence-corrected chi connectivity index (χ4v) is 3.07. The van der Waals surface area contributed by atoms with Gasteiger partial charge >= 0.3 is 0 Å². The number of aromatic nitrogens is 4. The Hall–Kier alpha value is -2.28. The molecular weight excluding hydrogens is 338 g/mol. The third-order valence-electron chi connectivity index (χ3n) is 4.32. The highest BCUT2D eigenvalue weighted by Gasteiger charge is 2.40. The Morgan fingerprint density at radius 1 is 1.33 bits per heavy atom. The van der Waals surface area contributed by atoms with Gasteiger partial charge in [0.2, 0.25) is 0 Å². The van der Waals surface area contributed by atoms with Crippen LogP contribution in [0.2, 0.25) is 5.15 Å². The number of benzene rings is 1. The summed E-state index contributed by atoms with van der Waals surface area (Å²) in [5.74, 6) is -0.531. The van der Waals surface area contributed by atoms with Crippen molar-refractivity contribution in [3.8, 4) is 0 Å². The van der Waals surface area contributed by atoms with E-state index in [2.05, 4.69) is 10.2 Å². The molecule has 1 saturated carbocycles. The van der Waals surface area contributed by atoms with Crippen molar-refractivity contribution in [3.63, 3.8) is 0 Å². The van der Waals surface area contributed by atoms with E-state index in [-0.39, 0.29) is 35.0 Å². The van der Waals surface area contributed by atoms with Crippen LogP contribution in [0.5, 0.6) is 0 Å². The average Bonchev–Trinajstić information content (AvgIpc) is 3.29. The van der Waals surface area contributed by atoms with Crippen LogP contribution in [0.1, 0.15) is 18.0 Å². The van der Waals surface area contributed by atoms with Gasteiger partial charge in [0.25, 0.3) is 5.56 Å². The van der Waals surface area contributed by atoms with Gasteiger partial charge < -0.3 is 0 Å². The Labute approximate surface area is 140 Å². The molecule has 2 heterocycles. The lowest BCUT2D eigenvalue weighted by Gasteiger charge is -2.04. The smallest absolute Gasteiger partial charge is 0.265 e. The first-order chi connectivity index (χ1) is 11.6.